The maximum absolute atomic E-state index is 5.33. The van der Waals surface area contributed by atoms with Crippen LogP contribution in [0.4, 0.5) is 0 Å². The third kappa shape index (κ3) is 4.01. The molecule has 0 radical (unpaired) electrons. The van der Waals surface area contributed by atoms with Crippen LogP contribution in [0.3, 0.4) is 0 Å². The number of aromatic nitrogens is 3. The Balaban J connectivity index is 1.63. The summed E-state index contributed by atoms with van der Waals surface area (Å²) >= 11 is 0. The number of nitrogens with zero attached hydrogens (tertiary/aromatic N) is 4. The molecule has 0 aliphatic carbocycles. The molecule has 3 rings (SSSR count). The first-order valence-electron chi connectivity index (χ1n) is 7.81. The van der Waals surface area contributed by atoms with Crippen molar-refractivity contribution in [2.24, 2.45) is 4.99 Å². The summed E-state index contributed by atoms with van der Waals surface area (Å²) in [7, 11) is 0. The highest BCUT2D eigenvalue weighted by atomic mass is 16.3. The van der Waals surface area contributed by atoms with E-state index in [1.54, 1.807) is 12.3 Å². The zero-order chi connectivity index (χ0) is 16.6. The fraction of sp³-hybridized carbons (Fsp3) is 0.235. The highest BCUT2D eigenvalue weighted by Gasteiger charge is 2.05. The van der Waals surface area contributed by atoms with Gasteiger partial charge >= 0.3 is 0 Å². The first-order chi connectivity index (χ1) is 11.9. The van der Waals surface area contributed by atoms with Crippen molar-refractivity contribution in [3.8, 4) is 0 Å². The highest BCUT2D eigenvalue weighted by molar-refractivity contribution is 5.79. The maximum Gasteiger partial charge on any atom is 0.191 e. The Labute approximate surface area is 140 Å². The first-order valence-corrected chi connectivity index (χ1v) is 7.81. The van der Waals surface area contributed by atoms with Crippen LogP contribution in [0.5, 0.6) is 0 Å². The lowest BCUT2D eigenvalue weighted by Crippen LogP contribution is -2.38. The number of hydrogen-bond acceptors (Lipinski definition) is 4. The fourth-order valence-electron chi connectivity index (χ4n) is 2.25. The Hall–Kier alpha value is -3.09. The van der Waals surface area contributed by atoms with Crippen LogP contribution in [0.15, 0.2) is 64.9 Å². The molecular weight excluding hydrogens is 304 g/mol. The van der Waals surface area contributed by atoms with Gasteiger partial charge in [0.05, 0.1) is 6.26 Å². The van der Waals surface area contributed by atoms with E-state index in [-0.39, 0.29) is 0 Å². The molecule has 24 heavy (non-hydrogen) atoms. The van der Waals surface area contributed by atoms with E-state index < -0.39 is 0 Å². The molecule has 0 bridgehead atoms. The van der Waals surface area contributed by atoms with E-state index in [9.17, 15) is 0 Å². The molecule has 0 aliphatic rings. The zero-order valence-electron chi connectivity index (χ0n) is 13.4. The van der Waals surface area contributed by atoms with Gasteiger partial charge < -0.3 is 15.1 Å². The lowest BCUT2D eigenvalue weighted by molar-refractivity contribution is 0.507. The van der Waals surface area contributed by atoms with Crippen molar-refractivity contribution in [1.29, 1.82) is 0 Å². The molecule has 0 aromatic carbocycles. The van der Waals surface area contributed by atoms with Gasteiger partial charge in [-0.1, -0.05) is 12.1 Å². The smallest absolute Gasteiger partial charge is 0.191 e. The largest absolute Gasteiger partial charge is 0.469 e. The minimum Gasteiger partial charge on any atom is -0.469 e. The van der Waals surface area contributed by atoms with Gasteiger partial charge in [0, 0.05) is 25.7 Å². The summed E-state index contributed by atoms with van der Waals surface area (Å²) < 4.78 is 7.25. The number of rotatable bonds is 7. The second-order valence-corrected chi connectivity index (χ2v) is 5.14. The molecule has 0 spiro atoms. The second kappa shape index (κ2) is 7.96. The van der Waals surface area contributed by atoms with E-state index in [0.717, 1.165) is 30.2 Å². The molecule has 0 atom stereocenters. The van der Waals surface area contributed by atoms with Crippen LogP contribution in [0.1, 0.15) is 11.6 Å². The van der Waals surface area contributed by atoms with Crippen LogP contribution in [-0.2, 0) is 13.0 Å². The summed E-state index contributed by atoms with van der Waals surface area (Å²) in [5.74, 6) is 2.43. The predicted octanol–water partition coefficient (Wildman–Crippen LogP) is 1.79. The van der Waals surface area contributed by atoms with Crippen molar-refractivity contribution in [3.05, 3.63) is 67.0 Å². The van der Waals surface area contributed by atoms with Crippen LogP contribution in [0.2, 0.25) is 0 Å². The van der Waals surface area contributed by atoms with Crippen molar-refractivity contribution in [2.45, 2.75) is 13.0 Å². The number of hydrogen-bond donors (Lipinski definition) is 2. The van der Waals surface area contributed by atoms with Gasteiger partial charge in [-0.25, -0.2) is 4.99 Å². The molecule has 0 amide bonds. The summed E-state index contributed by atoms with van der Waals surface area (Å²) in [6, 6.07) is 9.64. The van der Waals surface area contributed by atoms with E-state index in [1.807, 2.05) is 40.9 Å². The standard InChI is InChI=1S/C17H20N6O/c1-2-9-18-17(19-10-8-14-6-5-12-24-14)20-13-16-22-21-15-7-3-4-11-23(15)16/h2-7,11-12H,1,8-10,13H2,(H2,18,19,20). The van der Waals surface area contributed by atoms with Gasteiger partial charge in [0.25, 0.3) is 0 Å². The number of nitrogens with one attached hydrogen (secondary N) is 2. The number of aliphatic imine (C=N–C) groups is 1. The third-order valence-corrected chi connectivity index (χ3v) is 3.42. The summed E-state index contributed by atoms with van der Waals surface area (Å²) in [6.07, 6.45) is 6.18. The number of pyridine rings is 1. The number of fused-ring (bicyclic) bond motifs is 1. The zero-order valence-corrected chi connectivity index (χ0v) is 13.4. The Morgan fingerprint density at radius 2 is 2.21 bits per heavy atom. The van der Waals surface area contributed by atoms with E-state index in [2.05, 4.69) is 32.4 Å². The average Bonchev–Trinajstić information content (AvgIpc) is 3.26. The molecule has 124 valence electrons. The van der Waals surface area contributed by atoms with Gasteiger partial charge in [0.15, 0.2) is 17.4 Å². The molecule has 3 heterocycles. The van der Waals surface area contributed by atoms with E-state index in [1.165, 1.54) is 0 Å². The van der Waals surface area contributed by atoms with Gasteiger partial charge in [-0.05, 0) is 24.3 Å². The van der Waals surface area contributed by atoms with Crippen LogP contribution in [0.25, 0.3) is 5.65 Å². The molecule has 0 saturated heterocycles. The Bertz CT molecular complexity index is 805. The van der Waals surface area contributed by atoms with Gasteiger partial charge in [-0.2, -0.15) is 0 Å². The van der Waals surface area contributed by atoms with Crippen LogP contribution >= 0.6 is 0 Å². The van der Waals surface area contributed by atoms with Crippen LogP contribution < -0.4 is 10.6 Å². The topological polar surface area (TPSA) is 79.8 Å². The summed E-state index contributed by atoms with van der Waals surface area (Å²) in [5, 5.41) is 14.8. The van der Waals surface area contributed by atoms with Crippen molar-refractivity contribution >= 4 is 11.6 Å². The highest BCUT2D eigenvalue weighted by Crippen LogP contribution is 2.04. The Morgan fingerprint density at radius 3 is 3.04 bits per heavy atom. The maximum atomic E-state index is 5.33. The molecule has 3 aromatic heterocycles. The van der Waals surface area contributed by atoms with Gasteiger partial charge in [-0.3, -0.25) is 4.40 Å². The number of guanidine groups is 1. The molecular formula is C17H20N6O. The van der Waals surface area contributed by atoms with E-state index >= 15 is 0 Å². The van der Waals surface area contributed by atoms with Gasteiger partial charge in [0.2, 0.25) is 0 Å². The molecule has 2 N–H and O–H groups in total. The first kappa shape index (κ1) is 15.8. The Kier molecular flexibility index (Phi) is 5.24. The molecule has 3 aromatic rings. The normalized spacial score (nSPS) is 11.6. The SMILES string of the molecule is C=CCNC(=NCc1nnc2ccccn12)NCCc1ccco1. The molecule has 0 fully saturated rings. The molecule has 0 unspecified atom stereocenters. The molecule has 0 saturated carbocycles. The second-order valence-electron chi connectivity index (χ2n) is 5.14. The lowest BCUT2D eigenvalue weighted by Gasteiger charge is -2.10. The van der Waals surface area contributed by atoms with Crippen LogP contribution in [-0.4, -0.2) is 33.6 Å². The average molecular weight is 324 g/mol. The third-order valence-electron chi connectivity index (χ3n) is 3.42. The van der Waals surface area contributed by atoms with E-state index in [4.69, 9.17) is 4.42 Å². The Morgan fingerprint density at radius 1 is 1.25 bits per heavy atom. The monoisotopic (exact) mass is 324 g/mol. The van der Waals surface area contributed by atoms with Crippen molar-refractivity contribution in [2.75, 3.05) is 13.1 Å². The van der Waals surface area contributed by atoms with Crippen molar-refractivity contribution in [1.82, 2.24) is 25.2 Å². The number of furan rings is 1. The predicted molar refractivity (Wildman–Crippen MR) is 92.7 cm³/mol. The summed E-state index contributed by atoms with van der Waals surface area (Å²) in [6.45, 7) is 5.50. The fourth-order valence-corrected chi connectivity index (χ4v) is 2.25. The van der Waals surface area contributed by atoms with Crippen molar-refractivity contribution < 1.29 is 4.42 Å². The van der Waals surface area contributed by atoms with Gasteiger partial charge in [0.1, 0.15) is 12.3 Å². The summed E-state index contributed by atoms with van der Waals surface area (Å²) in [4.78, 5) is 4.57. The van der Waals surface area contributed by atoms with Crippen LogP contribution in [0, 0.1) is 0 Å². The molecule has 0 aliphatic heterocycles. The summed E-state index contributed by atoms with van der Waals surface area (Å²) in [5.41, 5.74) is 0.814. The van der Waals surface area contributed by atoms with Crippen molar-refractivity contribution in [3.63, 3.8) is 0 Å². The van der Waals surface area contributed by atoms with Gasteiger partial charge in [-0.15, -0.1) is 16.8 Å². The minimum absolute atomic E-state index is 0.429. The quantitative estimate of drug-likeness (QED) is 0.393. The minimum atomic E-state index is 0.429. The molecule has 7 nitrogen and oxygen atoms in total. The molecule has 7 heteroatoms. The lowest BCUT2D eigenvalue weighted by atomic mass is 10.3. The van der Waals surface area contributed by atoms with E-state index in [0.29, 0.717) is 19.0 Å².